The maximum Gasteiger partial charge on any atom is 0.343 e. The van der Waals surface area contributed by atoms with E-state index in [1.165, 1.54) is 25.7 Å². The predicted molar refractivity (Wildman–Crippen MR) is 67.8 cm³/mol. The number of anilines is 2. The van der Waals surface area contributed by atoms with Crippen LogP contribution in [0.2, 0.25) is 0 Å². The molecule has 0 bridgehead atoms. The summed E-state index contributed by atoms with van der Waals surface area (Å²) in [6, 6.07) is 4.69. The molecule has 0 unspecified atom stereocenters. The van der Waals surface area contributed by atoms with Crippen molar-refractivity contribution in [3.8, 4) is 0 Å². The van der Waals surface area contributed by atoms with Crippen LogP contribution >= 0.6 is 0 Å². The molecular formula is C13H12FN3O2. The van der Waals surface area contributed by atoms with Crippen LogP contribution in [-0.4, -0.2) is 23.0 Å². The van der Waals surface area contributed by atoms with Crippen molar-refractivity contribution in [2.45, 2.75) is 6.92 Å². The summed E-state index contributed by atoms with van der Waals surface area (Å²) in [4.78, 5) is 19.2. The minimum Gasteiger partial charge on any atom is -0.465 e. The zero-order valence-electron chi connectivity index (χ0n) is 10.5. The van der Waals surface area contributed by atoms with Gasteiger partial charge in [-0.2, -0.15) is 0 Å². The number of carbonyl (C=O) groups is 1. The maximum absolute atomic E-state index is 13.7. The fourth-order valence-corrected chi connectivity index (χ4v) is 1.60. The van der Waals surface area contributed by atoms with Crippen molar-refractivity contribution in [2.24, 2.45) is 0 Å². The average Bonchev–Trinajstić information content (AvgIpc) is 2.42. The molecule has 5 nitrogen and oxygen atoms in total. The van der Waals surface area contributed by atoms with Gasteiger partial charge in [-0.15, -0.1) is 0 Å². The number of nitrogens with zero attached hydrogens (tertiary/aromatic N) is 2. The Labute approximate surface area is 109 Å². The van der Waals surface area contributed by atoms with Crippen LogP contribution in [0.15, 0.2) is 30.7 Å². The minimum absolute atomic E-state index is 0.146. The number of nitrogens with one attached hydrogen (secondary N) is 1. The van der Waals surface area contributed by atoms with Crippen molar-refractivity contribution in [2.75, 3.05) is 12.4 Å². The second-order valence-corrected chi connectivity index (χ2v) is 3.83. The number of rotatable bonds is 3. The molecule has 0 fully saturated rings. The molecule has 1 heterocycles. The maximum atomic E-state index is 13.7. The first-order chi connectivity index (χ1) is 9.13. The Bertz CT molecular complexity index is 596. The quantitative estimate of drug-likeness (QED) is 0.860. The Kier molecular flexibility index (Phi) is 3.70. The predicted octanol–water partition coefficient (Wildman–Crippen LogP) is 2.45. The molecule has 2 aromatic rings. The number of benzene rings is 1. The van der Waals surface area contributed by atoms with Gasteiger partial charge < -0.3 is 10.1 Å². The van der Waals surface area contributed by atoms with Crippen LogP contribution in [0.3, 0.4) is 0 Å². The van der Waals surface area contributed by atoms with Gasteiger partial charge in [-0.05, 0) is 18.6 Å². The topological polar surface area (TPSA) is 64.1 Å². The lowest BCUT2D eigenvalue weighted by molar-refractivity contribution is 0.0601. The Hall–Kier alpha value is -2.50. The molecule has 0 saturated heterocycles. The van der Waals surface area contributed by atoms with Crippen molar-refractivity contribution in [3.05, 3.63) is 47.7 Å². The van der Waals surface area contributed by atoms with Crippen LogP contribution in [0.1, 0.15) is 15.9 Å². The second-order valence-electron chi connectivity index (χ2n) is 3.83. The lowest BCUT2D eigenvalue weighted by Crippen LogP contribution is -2.09. The van der Waals surface area contributed by atoms with Crippen LogP contribution in [0.25, 0.3) is 0 Å². The van der Waals surface area contributed by atoms with Gasteiger partial charge >= 0.3 is 5.97 Å². The largest absolute Gasteiger partial charge is 0.465 e. The van der Waals surface area contributed by atoms with Gasteiger partial charge in [0.1, 0.15) is 23.5 Å². The molecule has 2 rings (SSSR count). The molecule has 0 saturated carbocycles. The SMILES string of the molecule is COC(=O)c1cncnc1Nc1c(C)cccc1F. The van der Waals surface area contributed by atoms with Gasteiger partial charge in [-0.1, -0.05) is 12.1 Å². The van der Waals surface area contributed by atoms with Crippen LogP contribution < -0.4 is 5.32 Å². The van der Waals surface area contributed by atoms with Crippen LogP contribution in [-0.2, 0) is 4.74 Å². The molecule has 0 atom stereocenters. The van der Waals surface area contributed by atoms with E-state index in [1.807, 2.05) is 0 Å². The van der Waals surface area contributed by atoms with Crippen LogP contribution in [0.5, 0.6) is 0 Å². The Morgan fingerprint density at radius 3 is 2.89 bits per heavy atom. The summed E-state index contributed by atoms with van der Waals surface area (Å²) in [5, 5.41) is 2.80. The fourth-order valence-electron chi connectivity index (χ4n) is 1.60. The first-order valence-electron chi connectivity index (χ1n) is 5.54. The van der Waals surface area contributed by atoms with E-state index >= 15 is 0 Å². The highest BCUT2D eigenvalue weighted by atomic mass is 19.1. The standard InChI is InChI=1S/C13H12FN3O2/c1-8-4-3-5-10(14)11(8)17-12-9(13(18)19-2)6-15-7-16-12/h3-7H,1-2H3,(H,15,16,17). The van der Waals surface area contributed by atoms with Crippen LogP contribution in [0, 0.1) is 12.7 Å². The molecule has 98 valence electrons. The molecule has 0 amide bonds. The molecule has 1 N–H and O–H groups in total. The number of carbonyl (C=O) groups excluding carboxylic acids is 1. The van der Waals surface area contributed by atoms with E-state index in [0.29, 0.717) is 5.56 Å². The number of aromatic nitrogens is 2. The number of aryl methyl sites for hydroxylation is 1. The Balaban J connectivity index is 2.42. The molecule has 0 aliphatic heterocycles. The summed E-state index contributed by atoms with van der Waals surface area (Å²) in [5.41, 5.74) is 1.12. The molecule has 19 heavy (non-hydrogen) atoms. The van der Waals surface area contributed by atoms with E-state index in [4.69, 9.17) is 0 Å². The third kappa shape index (κ3) is 2.67. The molecular weight excluding hydrogens is 249 g/mol. The highest BCUT2D eigenvalue weighted by molar-refractivity contribution is 5.95. The van der Waals surface area contributed by atoms with Gasteiger partial charge in [-0.25, -0.2) is 19.2 Å². The lowest BCUT2D eigenvalue weighted by Gasteiger charge is -2.11. The third-order valence-corrected chi connectivity index (χ3v) is 2.58. The second kappa shape index (κ2) is 5.43. The summed E-state index contributed by atoms with van der Waals surface area (Å²) in [6.07, 6.45) is 2.59. The number of esters is 1. The summed E-state index contributed by atoms with van der Waals surface area (Å²) < 4.78 is 18.4. The van der Waals surface area contributed by atoms with Crippen molar-refractivity contribution in [3.63, 3.8) is 0 Å². The minimum atomic E-state index is -0.586. The zero-order valence-corrected chi connectivity index (χ0v) is 10.5. The monoisotopic (exact) mass is 261 g/mol. The average molecular weight is 261 g/mol. The summed E-state index contributed by atoms with van der Waals surface area (Å²) in [7, 11) is 1.26. The number of para-hydroxylation sites is 1. The van der Waals surface area contributed by atoms with Gasteiger partial charge in [0.2, 0.25) is 0 Å². The first kappa shape index (κ1) is 12.9. The van der Waals surface area contributed by atoms with Gasteiger partial charge in [-0.3, -0.25) is 0 Å². The van der Waals surface area contributed by atoms with Gasteiger partial charge in [0.05, 0.1) is 12.8 Å². The van der Waals surface area contributed by atoms with E-state index < -0.39 is 11.8 Å². The molecule has 1 aromatic heterocycles. The van der Waals surface area contributed by atoms with Crippen molar-refractivity contribution in [1.29, 1.82) is 0 Å². The van der Waals surface area contributed by atoms with Gasteiger partial charge in [0.15, 0.2) is 0 Å². The molecule has 6 heteroatoms. The van der Waals surface area contributed by atoms with E-state index in [9.17, 15) is 9.18 Å². The van der Waals surface area contributed by atoms with Crippen LogP contribution in [0.4, 0.5) is 15.9 Å². The first-order valence-corrected chi connectivity index (χ1v) is 5.54. The smallest absolute Gasteiger partial charge is 0.343 e. The molecule has 0 spiro atoms. The fraction of sp³-hybridized carbons (Fsp3) is 0.154. The van der Waals surface area contributed by atoms with Crippen molar-refractivity contribution < 1.29 is 13.9 Å². The van der Waals surface area contributed by atoms with Gasteiger partial charge in [0, 0.05) is 6.20 Å². The highest BCUT2D eigenvalue weighted by Crippen LogP contribution is 2.24. The van der Waals surface area contributed by atoms with Crippen molar-refractivity contribution >= 4 is 17.5 Å². The Morgan fingerprint density at radius 2 is 2.21 bits per heavy atom. The lowest BCUT2D eigenvalue weighted by atomic mass is 10.2. The van der Waals surface area contributed by atoms with E-state index in [2.05, 4.69) is 20.0 Å². The number of ether oxygens (including phenoxy) is 1. The molecule has 0 radical (unpaired) electrons. The number of hydrogen-bond acceptors (Lipinski definition) is 5. The van der Waals surface area contributed by atoms with Crippen molar-refractivity contribution in [1.82, 2.24) is 9.97 Å². The zero-order chi connectivity index (χ0) is 13.8. The number of methoxy groups -OCH3 is 1. The molecule has 0 aliphatic carbocycles. The van der Waals surface area contributed by atoms with E-state index in [0.717, 1.165) is 0 Å². The Morgan fingerprint density at radius 1 is 1.42 bits per heavy atom. The number of halogens is 1. The van der Waals surface area contributed by atoms with Gasteiger partial charge in [0.25, 0.3) is 0 Å². The number of hydrogen-bond donors (Lipinski definition) is 1. The van der Waals surface area contributed by atoms with E-state index in [1.54, 1.807) is 19.1 Å². The van der Waals surface area contributed by atoms with E-state index in [-0.39, 0.29) is 17.1 Å². The normalized spacial score (nSPS) is 10.1. The third-order valence-electron chi connectivity index (χ3n) is 2.58. The summed E-state index contributed by atoms with van der Waals surface area (Å²) >= 11 is 0. The highest BCUT2D eigenvalue weighted by Gasteiger charge is 2.15. The molecule has 0 aliphatic rings. The molecule has 1 aromatic carbocycles. The summed E-state index contributed by atoms with van der Waals surface area (Å²) in [6.45, 7) is 1.75. The summed E-state index contributed by atoms with van der Waals surface area (Å²) in [5.74, 6) is -0.804.